The van der Waals surface area contributed by atoms with Crippen molar-refractivity contribution in [2.45, 2.75) is 58.0 Å². The van der Waals surface area contributed by atoms with Crippen LogP contribution < -0.4 is 5.32 Å². The van der Waals surface area contributed by atoms with Gasteiger partial charge in [-0.15, -0.1) is 0 Å². The van der Waals surface area contributed by atoms with E-state index in [0.29, 0.717) is 55.1 Å². The molecule has 0 aliphatic heterocycles. The third kappa shape index (κ3) is 8.13. The van der Waals surface area contributed by atoms with E-state index >= 15 is 0 Å². The second-order valence-electron chi connectivity index (χ2n) is 10.7. The van der Waals surface area contributed by atoms with Crippen LogP contribution >= 0.6 is 0 Å². The Hall–Kier alpha value is -3.31. The number of pyridine rings is 3. The molecule has 0 saturated heterocycles. The molecule has 0 radical (unpaired) electrons. The fraction of sp³-hybridized carbons (Fsp3) is 0.467. The minimum absolute atomic E-state index is 0.0585. The number of aliphatic hydroxyl groups is 1. The van der Waals surface area contributed by atoms with Crippen molar-refractivity contribution in [1.82, 2.24) is 15.0 Å². The van der Waals surface area contributed by atoms with E-state index in [4.69, 9.17) is 4.74 Å². The normalized spacial score (nSPS) is 19.4. The number of aryl methyl sites for hydroxylation is 1. The molecule has 8 nitrogen and oxygen atoms in total. The molecule has 1 unspecified atom stereocenters. The van der Waals surface area contributed by atoms with Crippen LogP contribution in [-0.4, -0.2) is 48.9 Å². The highest BCUT2D eigenvalue weighted by Gasteiger charge is 2.39. The second kappa shape index (κ2) is 13.6. The first-order valence-electron chi connectivity index (χ1n) is 13.7. The quantitative estimate of drug-likeness (QED) is 0.212. The van der Waals surface area contributed by atoms with E-state index < -0.39 is 22.8 Å². The highest BCUT2D eigenvalue weighted by molar-refractivity contribution is 7.84. The summed E-state index contributed by atoms with van der Waals surface area (Å²) in [5.41, 5.74) is 1.53. The van der Waals surface area contributed by atoms with E-state index in [1.807, 2.05) is 19.1 Å². The summed E-state index contributed by atoms with van der Waals surface area (Å²) in [5.74, 6) is 0.788. The zero-order chi connectivity index (χ0) is 29.6. The summed E-state index contributed by atoms with van der Waals surface area (Å²) in [6.45, 7) is 3.95. The average Bonchev–Trinajstić information content (AvgIpc) is 2.95. The van der Waals surface area contributed by atoms with E-state index in [2.05, 4.69) is 20.3 Å². The van der Waals surface area contributed by atoms with Crippen molar-refractivity contribution < 1.29 is 27.6 Å². The summed E-state index contributed by atoms with van der Waals surface area (Å²) in [6.07, 6.45) is 5.22. The van der Waals surface area contributed by atoms with Gasteiger partial charge in [-0.05, 0) is 93.8 Å². The molecule has 0 spiro atoms. The highest BCUT2D eigenvalue weighted by atomic mass is 32.2. The van der Waals surface area contributed by atoms with Crippen LogP contribution in [0.2, 0.25) is 0 Å². The van der Waals surface area contributed by atoms with E-state index in [9.17, 15) is 22.9 Å². The van der Waals surface area contributed by atoms with Gasteiger partial charge in [-0.3, -0.25) is 14.0 Å². The lowest BCUT2D eigenvalue weighted by atomic mass is 9.73. The van der Waals surface area contributed by atoms with E-state index in [1.54, 1.807) is 31.5 Å². The largest absolute Gasteiger partial charge is 0.465 e. The van der Waals surface area contributed by atoms with Gasteiger partial charge in [0.2, 0.25) is 0 Å². The van der Waals surface area contributed by atoms with Crippen LogP contribution in [0.4, 0.5) is 20.4 Å². The van der Waals surface area contributed by atoms with E-state index in [-0.39, 0.29) is 35.8 Å². The van der Waals surface area contributed by atoms with Crippen LogP contribution in [0.1, 0.15) is 62.3 Å². The number of anilines is 2. The van der Waals surface area contributed by atoms with Crippen molar-refractivity contribution in [1.29, 1.82) is 0 Å². The molecule has 3 aromatic heterocycles. The van der Waals surface area contributed by atoms with Crippen molar-refractivity contribution in [3.05, 3.63) is 65.6 Å². The van der Waals surface area contributed by atoms with Gasteiger partial charge >= 0.3 is 5.97 Å². The molecule has 1 saturated carbocycles. The van der Waals surface area contributed by atoms with Gasteiger partial charge in [0.1, 0.15) is 17.2 Å². The summed E-state index contributed by atoms with van der Waals surface area (Å²) in [6, 6.07) is 9.90. The zero-order valence-electron chi connectivity index (χ0n) is 23.5. The molecule has 4 rings (SSSR count). The van der Waals surface area contributed by atoms with Gasteiger partial charge < -0.3 is 15.2 Å². The van der Waals surface area contributed by atoms with Crippen molar-refractivity contribution in [2.24, 2.45) is 11.8 Å². The molecule has 11 heteroatoms. The predicted molar refractivity (Wildman–Crippen MR) is 154 cm³/mol. The first-order chi connectivity index (χ1) is 19.5. The first kappa shape index (κ1) is 30.6. The summed E-state index contributed by atoms with van der Waals surface area (Å²) >= 11 is 0. The van der Waals surface area contributed by atoms with Gasteiger partial charge in [0.25, 0.3) is 6.43 Å². The summed E-state index contributed by atoms with van der Waals surface area (Å²) in [7, 11) is -0.897. The molecular formula is C30H36F2N4O4S. The molecule has 3 aromatic rings. The van der Waals surface area contributed by atoms with Crippen LogP contribution in [0.5, 0.6) is 0 Å². The Morgan fingerprint density at radius 3 is 2.56 bits per heavy atom. The molecule has 1 aliphatic carbocycles. The molecule has 2 atom stereocenters. The van der Waals surface area contributed by atoms with E-state index in [1.165, 1.54) is 18.3 Å². The standard InChI is InChI=1S/C30H36F2N4O4S/c1-19-15-24(35-27(16-19)36-26-17-21(28(31)32)11-12-33-26)22-7-10-25(34-18-22)30(2,38)23-8-5-20(6-9-23)29(37)40-13-4-14-41(3)39/h7,10-12,15-18,20,23,28,38H,4-6,8-9,13-14H2,1-3H3,(H,33,35,36)/t20?,23?,30-,41?/m1/s1. The lowest BCUT2D eigenvalue weighted by Crippen LogP contribution is -2.37. The molecule has 2 N–H and O–H groups in total. The van der Waals surface area contributed by atoms with Crippen LogP contribution in [0.15, 0.2) is 48.8 Å². The molecule has 41 heavy (non-hydrogen) atoms. The smallest absolute Gasteiger partial charge is 0.308 e. The fourth-order valence-corrected chi connectivity index (χ4v) is 5.68. The Kier molecular flexibility index (Phi) is 10.1. The number of carbonyl (C=O) groups excluding carboxylic acids is 1. The molecular weight excluding hydrogens is 550 g/mol. The lowest BCUT2D eigenvalue weighted by molar-refractivity contribution is -0.151. The monoisotopic (exact) mass is 586 g/mol. The van der Waals surface area contributed by atoms with Gasteiger partial charge in [-0.25, -0.2) is 18.7 Å². The Morgan fingerprint density at radius 1 is 1.15 bits per heavy atom. The van der Waals surface area contributed by atoms with Crippen LogP contribution in [0.3, 0.4) is 0 Å². The summed E-state index contributed by atoms with van der Waals surface area (Å²) < 4.78 is 42.7. The maximum absolute atomic E-state index is 13.1. The van der Waals surface area contributed by atoms with Crippen molar-refractivity contribution in [3.8, 4) is 11.3 Å². The lowest BCUT2D eigenvalue weighted by Gasteiger charge is -2.37. The Labute approximate surface area is 241 Å². The number of ether oxygens (including phenoxy) is 1. The molecule has 1 fully saturated rings. The number of alkyl halides is 2. The van der Waals surface area contributed by atoms with Gasteiger partial charge in [0, 0.05) is 46.3 Å². The van der Waals surface area contributed by atoms with E-state index in [0.717, 1.165) is 11.1 Å². The van der Waals surface area contributed by atoms with Crippen LogP contribution in [0.25, 0.3) is 11.3 Å². The van der Waals surface area contributed by atoms with Gasteiger partial charge in [-0.1, -0.05) is 0 Å². The second-order valence-corrected chi connectivity index (χ2v) is 12.3. The van der Waals surface area contributed by atoms with Gasteiger partial charge in [0.15, 0.2) is 0 Å². The maximum Gasteiger partial charge on any atom is 0.308 e. The minimum atomic E-state index is -2.59. The van der Waals surface area contributed by atoms with Gasteiger partial charge in [-0.2, -0.15) is 0 Å². The Balaban J connectivity index is 1.39. The number of nitrogens with one attached hydrogen (secondary N) is 1. The third-order valence-corrected chi connectivity index (χ3v) is 8.38. The Bertz CT molecular complexity index is 1360. The minimum Gasteiger partial charge on any atom is -0.465 e. The third-order valence-electron chi connectivity index (χ3n) is 7.52. The molecule has 220 valence electrons. The average molecular weight is 587 g/mol. The molecule has 0 amide bonds. The number of esters is 1. The number of carbonyl (C=O) groups is 1. The fourth-order valence-electron chi connectivity index (χ4n) is 5.16. The van der Waals surface area contributed by atoms with Crippen LogP contribution in [0, 0.1) is 18.8 Å². The maximum atomic E-state index is 13.1. The molecule has 0 bridgehead atoms. The number of hydrogen-bond donors (Lipinski definition) is 2. The van der Waals surface area contributed by atoms with Gasteiger partial charge in [0.05, 0.1) is 23.9 Å². The molecule has 3 heterocycles. The molecule has 0 aromatic carbocycles. The SMILES string of the molecule is Cc1cc(Nc2cc(C(F)F)ccn2)nc(-c2ccc([C@](C)(O)C3CCC(C(=O)OCCCS(C)=O)CC3)nc2)c1. The molecule has 1 aliphatic rings. The van der Waals surface area contributed by atoms with Crippen molar-refractivity contribution >= 4 is 28.4 Å². The van der Waals surface area contributed by atoms with Crippen LogP contribution in [-0.2, 0) is 25.9 Å². The number of rotatable bonds is 11. The topological polar surface area (TPSA) is 114 Å². The van der Waals surface area contributed by atoms with Crippen molar-refractivity contribution in [3.63, 3.8) is 0 Å². The number of halogens is 2. The number of nitrogens with zero attached hydrogens (tertiary/aromatic N) is 3. The number of aromatic nitrogens is 3. The summed E-state index contributed by atoms with van der Waals surface area (Å²) in [4.78, 5) is 25.7. The number of hydrogen-bond acceptors (Lipinski definition) is 8. The summed E-state index contributed by atoms with van der Waals surface area (Å²) in [5, 5.41) is 14.4. The van der Waals surface area contributed by atoms with Crippen molar-refractivity contribution in [2.75, 3.05) is 23.9 Å². The highest BCUT2D eigenvalue weighted by Crippen LogP contribution is 2.41. The Morgan fingerprint density at radius 2 is 1.90 bits per heavy atom. The predicted octanol–water partition coefficient (Wildman–Crippen LogP) is 5.85. The first-order valence-corrected chi connectivity index (χ1v) is 15.4. The zero-order valence-corrected chi connectivity index (χ0v) is 24.3.